The molecule has 1 aliphatic rings. The van der Waals surface area contributed by atoms with Gasteiger partial charge in [0.25, 0.3) is 0 Å². The molecule has 1 aliphatic carbocycles. The minimum absolute atomic E-state index is 0.0787. The van der Waals surface area contributed by atoms with Crippen LogP contribution >= 0.6 is 31.9 Å². The van der Waals surface area contributed by atoms with Crippen molar-refractivity contribution in [2.24, 2.45) is 0 Å². The second-order valence-corrected chi connectivity index (χ2v) is 7.88. The predicted molar refractivity (Wildman–Crippen MR) is 76.4 cm³/mol. The first-order chi connectivity index (χ1) is 8.82. The van der Waals surface area contributed by atoms with Gasteiger partial charge in [0.15, 0.2) is 0 Å². The zero-order chi connectivity index (χ0) is 14.2. The molecule has 5 nitrogen and oxygen atoms in total. The fourth-order valence-electron chi connectivity index (χ4n) is 1.71. The predicted octanol–water partition coefficient (Wildman–Crippen LogP) is 2.45. The molecule has 1 aromatic carbocycles. The number of carboxylic acids is 1. The van der Waals surface area contributed by atoms with Crippen molar-refractivity contribution in [1.29, 1.82) is 0 Å². The fraction of sp³-hybridized carbons (Fsp3) is 0.364. The van der Waals surface area contributed by atoms with Crippen LogP contribution in [0.25, 0.3) is 0 Å². The van der Waals surface area contributed by atoms with Gasteiger partial charge in [-0.15, -0.1) is 0 Å². The second kappa shape index (κ2) is 5.51. The van der Waals surface area contributed by atoms with Gasteiger partial charge < -0.3 is 5.11 Å². The van der Waals surface area contributed by atoms with Crippen molar-refractivity contribution in [2.45, 2.75) is 23.8 Å². The lowest BCUT2D eigenvalue weighted by atomic mass is 10.4. The van der Waals surface area contributed by atoms with Crippen molar-refractivity contribution in [3.8, 4) is 0 Å². The summed E-state index contributed by atoms with van der Waals surface area (Å²) >= 11 is 6.42. The summed E-state index contributed by atoms with van der Waals surface area (Å²) in [6.07, 6.45) is 1.41. The van der Waals surface area contributed by atoms with E-state index in [0.717, 1.165) is 4.31 Å². The fourth-order valence-corrected chi connectivity index (χ4v) is 4.81. The Morgan fingerprint density at radius 2 is 2.00 bits per heavy atom. The van der Waals surface area contributed by atoms with Crippen LogP contribution in [-0.2, 0) is 14.8 Å². The minimum atomic E-state index is -3.81. The third-order valence-corrected chi connectivity index (χ3v) is 6.11. The number of hydrogen-bond acceptors (Lipinski definition) is 3. The van der Waals surface area contributed by atoms with Crippen molar-refractivity contribution in [3.63, 3.8) is 0 Å². The van der Waals surface area contributed by atoms with E-state index in [9.17, 15) is 13.2 Å². The monoisotopic (exact) mass is 411 g/mol. The van der Waals surface area contributed by atoms with Crippen LogP contribution in [0, 0.1) is 0 Å². The van der Waals surface area contributed by atoms with Gasteiger partial charge in [-0.2, -0.15) is 4.31 Å². The minimum Gasteiger partial charge on any atom is -0.480 e. The highest BCUT2D eigenvalue weighted by atomic mass is 79.9. The Kier molecular flexibility index (Phi) is 4.34. The summed E-state index contributed by atoms with van der Waals surface area (Å²) in [5.41, 5.74) is 0. The molecule has 0 atom stereocenters. The van der Waals surface area contributed by atoms with Crippen molar-refractivity contribution < 1.29 is 18.3 Å². The van der Waals surface area contributed by atoms with E-state index >= 15 is 0 Å². The lowest BCUT2D eigenvalue weighted by Crippen LogP contribution is -2.37. The van der Waals surface area contributed by atoms with Gasteiger partial charge in [0.05, 0.1) is 4.90 Å². The number of carbonyl (C=O) groups is 1. The number of sulfonamides is 1. The Labute approximate surface area is 127 Å². The van der Waals surface area contributed by atoms with Gasteiger partial charge in [0, 0.05) is 15.0 Å². The molecule has 0 aliphatic heterocycles. The summed E-state index contributed by atoms with van der Waals surface area (Å²) in [7, 11) is -3.81. The first kappa shape index (κ1) is 15.0. The number of aliphatic carboxylic acids is 1. The third kappa shape index (κ3) is 3.36. The van der Waals surface area contributed by atoms with Gasteiger partial charge in [-0.25, -0.2) is 8.42 Å². The average Bonchev–Trinajstić information content (AvgIpc) is 3.12. The number of rotatable bonds is 5. The Morgan fingerprint density at radius 1 is 1.37 bits per heavy atom. The molecule has 1 aromatic rings. The molecule has 0 aromatic heterocycles. The van der Waals surface area contributed by atoms with E-state index in [1.165, 1.54) is 6.07 Å². The van der Waals surface area contributed by atoms with E-state index in [-0.39, 0.29) is 10.9 Å². The van der Waals surface area contributed by atoms with E-state index in [2.05, 4.69) is 31.9 Å². The van der Waals surface area contributed by atoms with Crippen LogP contribution in [0.15, 0.2) is 32.0 Å². The molecule has 19 heavy (non-hydrogen) atoms. The topological polar surface area (TPSA) is 74.7 Å². The first-order valence-electron chi connectivity index (χ1n) is 5.51. The number of nitrogens with zero attached hydrogens (tertiary/aromatic N) is 1. The summed E-state index contributed by atoms with van der Waals surface area (Å²) in [6, 6.07) is 4.59. The maximum atomic E-state index is 12.5. The highest BCUT2D eigenvalue weighted by Crippen LogP contribution is 2.35. The van der Waals surface area contributed by atoms with E-state index in [0.29, 0.717) is 21.8 Å². The molecule has 0 bridgehead atoms. The maximum Gasteiger partial charge on any atom is 0.318 e. The van der Waals surface area contributed by atoms with Gasteiger partial charge in [0.1, 0.15) is 6.54 Å². The van der Waals surface area contributed by atoms with Crippen molar-refractivity contribution in [3.05, 3.63) is 27.1 Å². The lowest BCUT2D eigenvalue weighted by molar-refractivity contribution is -0.137. The molecule has 8 heteroatoms. The molecule has 0 saturated heterocycles. The van der Waals surface area contributed by atoms with E-state index in [4.69, 9.17) is 5.11 Å². The van der Waals surface area contributed by atoms with Gasteiger partial charge >= 0.3 is 5.97 Å². The summed E-state index contributed by atoms with van der Waals surface area (Å²) in [6.45, 7) is -0.508. The Morgan fingerprint density at radius 3 is 2.53 bits per heavy atom. The molecule has 104 valence electrons. The smallest absolute Gasteiger partial charge is 0.318 e. The third-order valence-electron chi connectivity index (χ3n) is 2.73. The molecule has 1 fully saturated rings. The summed E-state index contributed by atoms with van der Waals surface area (Å²) < 4.78 is 27.2. The number of halogens is 2. The summed E-state index contributed by atoms with van der Waals surface area (Å²) in [5.74, 6) is -1.15. The van der Waals surface area contributed by atoms with Gasteiger partial charge in [0.2, 0.25) is 10.0 Å². The van der Waals surface area contributed by atoms with Crippen LogP contribution in [0.1, 0.15) is 12.8 Å². The van der Waals surface area contributed by atoms with Gasteiger partial charge in [-0.05, 0) is 47.0 Å². The number of hydrogen-bond donors (Lipinski definition) is 1. The van der Waals surface area contributed by atoms with E-state index in [1.807, 2.05) is 0 Å². The Hall–Kier alpha value is -0.440. The van der Waals surface area contributed by atoms with Crippen molar-refractivity contribution in [2.75, 3.05) is 6.54 Å². The van der Waals surface area contributed by atoms with Crippen molar-refractivity contribution in [1.82, 2.24) is 4.31 Å². The molecule has 1 saturated carbocycles. The molecule has 2 rings (SSSR count). The Bertz CT molecular complexity index is 613. The molecule has 0 radical (unpaired) electrons. The first-order valence-corrected chi connectivity index (χ1v) is 8.53. The molecule has 1 N–H and O–H groups in total. The molecular weight excluding hydrogens is 402 g/mol. The number of carboxylic acid groups (broad SMARTS) is 1. The average molecular weight is 413 g/mol. The van der Waals surface area contributed by atoms with Crippen LogP contribution in [0.5, 0.6) is 0 Å². The van der Waals surface area contributed by atoms with E-state index in [1.54, 1.807) is 12.1 Å². The quantitative estimate of drug-likeness (QED) is 0.805. The highest BCUT2D eigenvalue weighted by molar-refractivity contribution is 9.11. The Balaban J connectivity index is 2.44. The summed E-state index contributed by atoms with van der Waals surface area (Å²) in [4.78, 5) is 10.9. The van der Waals surface area contributed by atoms with Gasteiger partial charge in [-0.1, -0.05) is 15.9 Å². The van der Waals surface area contributed by atoms with Crippen LogP contribution in [0.2, 0.25) is 0 Å². The van der Waals surface area contributed by atoms with Crippen LogP contribution < -0.4 is 0 Å². The summed E-state index contributed by atoms with van der Waals surface area (Å²) in [5, 5.41) is 8.87. The largest absolute Gasteiger partial charge is 0.480 e. The van der Waals surface area contributed by atoms with E-state index < -0.39 is 22.5 Å². The zero-order valence-electron chi connectivity index (χ0n) is 9.71. The van der Waals surface area contributed by atoms with Crippen LogP contribution in [-0.4, -0.2) is 36.4 Å². The molecule has 0 spiro atoms. The lowest BCUT2D eigenvalue weighted by Gasteiger charge is -2.20. The van der Waals surface area contributed by atoms with Crippen LogP contribution in [0.3, 0.4) is 0 Å². The standard InChI is InChI=1S/C11H11Br2NO4S/c12-7-1-4-9(13)10(5-7)19(17,18)14(6-11(15)16)8-2-3-8/h1,4-5,8H,2-3,6H2,(H,15,16). The number of benzene rings is 1. The highest BCUT2D eigenvalue weighted by Gasteiger charge is 2.40. The van der Waals surface area contributed by atoms with Crippen LogP contribution in [0.4, 0.5) is 0 Å². The maximum absolute atomic E-state index is 12.5. The molecular formula is C11H11Br2NO4S. The van der Waals surface area contributed by atoms with Gasteiger partial charge in [-0.3, -0.25) is 4.79 Å². The normalized spacial score (nSPS) is 15.7. The zero-order valence-corrected chi connectivity index (χ0v) is 13.7. The molecule has 0 amide bonds. The second-order valence-electron chi connectivity index (χ2n) is 4.25. The van der Waals surface area contributed by atoms with Crippen molar-refractivity contribution >= 4 is 47.9 Å². The molecule has 0 heterocycles. The molecule has 0 unspecified atom stereocenters. The SMILES string of the molecule is O=C(O)CN(C1CC1)S(=O)(=O)c1cc(Br)ccc1Br.